The monoisotopic (exact) mass is 407 g/mol. The second kappa shape index (κ2) is 7.64. The molecule has 0 spiro atoms. The van der Waals surface area contributed by atoms with Gasteiger partial charge in [0, 0.05) is 0 Å². The molecule has 5 nitrogen and oxygen atoms in total. The highest BCUT2D eigenvalue weighted by Crippen LogP contribution is 2.42. The fourth-order valence-corrected chi connectivity index (χ4v) is 3.36. The van der Waals surface area contributed by atoms with Gasteiger partial charge in [-0.3, -0.25) is 9.69 Å². The predicted molar refractivity (Wildman–Crippen MR) is 87.9 cm³/mol. The number of amides is 1. The van der Waals surface area contributed by atoms with Gasteiger partial charge < -0.3 is 9.84 Å². The van der Waals surface area contributed by atoms with Crippen molar-refractivity contribution in [3.8, 4) is 18.1 Å². The minimum Gasteiger partial charge on any atom is -0.479 e. The Bertz CT molecular complexity index is 797. The van der Waals surface area contributed by atoms with Gasteiger partial charge in [0.15, 0.2) is 11.6 Å². The predicted octanol–water partition coefficient (Wildman–Crippen LogP) is 4.13. The fourth-order valence-electron chi connectivity index (χ4n) is 3.17. The number of nitrogens with zero attached hydrogens (tertiary/aromatic N) is 1. The lowest BCUT2D eigenvalue weighted by molar-refractivity contribution is -0.274. The van der Waals surface area contributed by atoms with E-state index in [9.17, 15) is 32.3 Å². The first-order valence-corrected chi connectivity index (χ1v) is 8.19. The number of hydrogen-bond acceptors (Lipinski definition) is 3. The molecule has 0 aromatic heterocycles. The van der Waals surface area contributed by atoms with Gasteiger partial charge in [0.25, 0.3) is 0 Å². The number of aliphatic carboxylic acids is 1. The molecule has 0 radical (unpaired) electrons. The first-order valence-electron chi connectivity index (χ1n) is 7.81. The minimum absolute atomic E-state index is 0.00755. The summed E-state index contributed by atoms with van der Waals surface area (Å²) in [4.78, 5) is 24.9. The Kier molecular flexibility index (Phi) is 5.90. The van der Waals surface area contributed by atoms with Gasteiger partial charge >= 0.3 is 18.2 Å². The van der Waals surface area contributed by atoms with E-state index in [1.54, 1.807) is 5.92 Å². The molecule has 0 atom stereocenters. The summed E-state index contributed by atoms with van der Waals surface area (Å²) in [7, 11) is 0. The number of carboxylic acids is 1. The van der Waals surface area contributed by atoms with Crippen molar-refractivity contribution in [2.45, 2.75) is 44.0 Å². The molecule has 146 valence electrons. The molecule has 1 aliphatic rings. The number of carbonyl (C=O) groups is 2. The van der Waals surface area contributed by atoms with E-state index < -0.39 is 46.1 Å². The highest BCUT2D eigenvalue weighted by atomic mass is 35.5. The van der Waals surface area contributed by atoms with Crippen LogP contribution in [0.15, 0.2) is 12.1 Å². The van der Waals surface area contributed by atoms with E-state index in [4.69, 9.17) is 18.0 Å². The fraction of sp³-hybridized carbons (Fsp3) is 0.412. The molecule has 0 unspecified atom stereocenters. The Morgan fingerprint density at radius 1 is 1.26 bits per heavy atom. The van der Waals surface area contributed by atoms with E-state index >= 15 is 0 Å². The number of terminal acetylenes is 1. The molecule has 0 bridgehead atoms. The van der Waals surface area contributed by atoms with Crippen molar-refractivity contribution in [1.82, 2.24) is 0 Å². The van der Waals surface area contributed by atoms with Crippen LogP contribution < -0.4 is 9.64 Å². The Morgan fingerprint density at radius 2 is 1.85 bits per heavy atom. The molecule has 1 N–H and O–H groups in total. The Morgan fingerprint density at radius 3 is 2.33 bits per heavy atom. The van der Waals surface area contributed by atoms with Crippen LogP contribution in [0.25, 0.3) is 0 Å². The SMILES string of the molecule is C#CC(=O)N(c1ccc(OC(F)(F)F)c(Cl)c1F)C1(C(=O)O)CCCCC1. The number of halogens is 5. The number of alkyl halides is 3. The molecule has 1 aromatic rings. The third-order valence-corrected chi connectivity index (χ3v) is 4.68. The molecule has 0 aliphatic heterocycles. The van der Waals surface area contributed by atoms with Crippen LogP contribution in [0.3, 0.4) is 0 Å². The Balaban J connectivity index is 2.62. The van der Waals surface area contributed by atoms with Crippen molar-refractivity contribution >= 4 is 29.2 Å². The van der Waals surface area contributed by atoms with Crippen LogP contribution in [0.4, 0.5) is 23.2 Å². The standard InChI is InChI=1S/C17H14ClF4NO4/c1-2-12(24)23(16(15(25)26)8-4-3-5-9-16)10-6-7-11(13(18)14(10)19)27-17(20,21)22/h1,6-7H,3-5,8-9H2,(H,25,26). The maximum Gasteiger partial charge on any atom is 0.573 e. The van der Waals surface area contributed by atoms with Crippen molar-refractivity contribution < 1.29 is 37.0 Å². The van der Waals surface area contributed by atoms with Crippen LogP contribution in [0.2, 0.25) is 5.02 Å². The summed E-state index contributed by atoms with van der Waals surface area (Å²) >= 11 is 5.62. The summed E-state index contributed by atoms with van der Waals surface area (Å²) in [5.41, 5.74) is -2.44. The van der Waals surface area contributed by atoms with Crippen LogP contribution >= 0.6 is 11.6 Å². The van der Waals surface area contributed by atoms with Gasteiger partial charge in [-0.2, -0.15) is 0 Å². The van der Waals surface area contributed by atoms with E-state index in [1.807, 2.05) is 0 Å². The van der Waals surface area contributed by atoms with E-state index in [-0.39, 0.29) is 12.8 Å². The first kappa shape index (κ1) is 20.8. The van der Waals surface area contributed by atoms with Gasteiger partial charge in [-0.1, -0.05) is 30.9 Å². The molecule has 1 aliphatic carbocycles. The molecule has 1 amide bonds. The molecular weight excluding hydrogens is 394 g/mol. The molecule has 10 heteroatoms. The zero-order chi connectivity index (χ0) is 20.4. The van der Waals surface area contributed by atoms with Crippen LogP contribution in [0, 0.1) is 18.2 Å². The quantitative estimate of drug-likeness (QED) is 0.602. The van der Waals surface area contributed by atoms with E-state index in [0.717, 1.165) is 6.07 Å². The molecule has 27 heavy (non-hydrogen) atoms. The van der Waals surface area contributed by atoms with Crippen LogP contribution in [0.1, 0.15) is 32.1 Å². The van der Waals surface area contributed by atoms with E-state index in [2.05, 4.69) is 4.74 Å². The summed E-state index contributed by atoms with van der Waals surface area (Å²) in [5, 5.41) is 8.70. The van der Waals surface area contributed by atoms with Gasteiger partial charge in [-0.05, 0) is 30.9 Å². The average molecular weight is 408 g/mol. The third kappa shape index (κ3) is 4.11. The van der Waals surface area contributed by atoms with Gasteiger partial charge in [0.05, 0.1) is 5.69 Å². The Hall–Kier alpha value is -2.47. The topological polar surface area (TPSA) is 66.8 Å². The molecule has 2 rings (SSSR count). The van der Waals surface area contributed by atoms with Crippen molar-refractivity contribution in [2.24, 2.45) is 0 Å². The number of carbonyl (C=O) groups excluding carboxylic acids is 1. The first-order chi connectivity index (χ1) is 12.5. The van der Waals surface area contributed by atoms with E-state index in [0.29, 0.717) is 30.2 Å². The number of rotatable bonds is 4. The van der Waals surface area contributed by atoms with Gasteiger partial charge in [0.1, 0.15) is 10.6 Å². The highest BCUT2D eigenvalue weighted by Gasteiger charge is 2.49. The highest BCUT2D eigenvalue weighted by molar-refractivity contribution is 6.32. The van der Waals surface area contributed by atoms with Crippen molar-refractivity contribution in [1.29, 1.82) is 0 Å². The van der Waals surface area contributed by atoms with Crippen LogP contribution in [0.5, 0.6) is 5.75 Å². The number of carboxylic acid groups (broad SMARTS) is 1. The molecule has 1 saturated carbocycles. The molecule has 1 fully saturated rings. The van der Waals surface area contributed by atoms with Gasteiger partial charge in [-0.25, -0.2) is 9.18 Å². The zero-order valence-corrected chi connectivity index (χ0v) is 14.5. The molecular formula is C17H14ClF4NO4. The van der Waals surface area contributed by atoms with E-state index in [1.165, 1.54) is 0 Å². The summed E-state index contributed by atoms with van der Waals surface area (Å²) in [5.74, 6) is -3.25. The lowest BCUT2D eigenvalue weighted by Crippen LogP contribution is -2.58. The van der Waals surface area contributed by atoms with Crippen LogP contribution in [-0.2, 0) is 9.59 Å². The second-order valence-corrected chi connectivity index (χ2v) is 6.32. The third-order valence-electron chi connectivity index (χ3n) is 4.33. The Labute approximate surface area is 156 Å². The zero-order valence-electron chi connectivity index (χ0n) is 13.8. The maximum absolute atomic E-state index is 14.7. The lowest BCUT2D eigenvalue weighted by Gasteiger charge is -2.42. The maximum atomic E-state index is 14.7. The average Bonchev–Trinajstić information content (AvgIpc) is 2.60. The second-order valence-electron chi connectivity index (χ2n) is 5.94. The molecule has 1 aromatic carbocycles. The normalized spacial score (nSPS) is 16.3. The minimum atomic E-state index is -5.11. The summed E-state index contributed by atoms with van der Waals surface area (Å²) < 4.78 is 55.5. The number of benzene rings is 1. The molecule has 0 saturated heterocycles. The van der Waals surface area contributed by atoms with Crippen LogP contribution in [-0.4, -0.2) is 28.9 Å². The van der Waals surface area contributed by atoms with Gasteiger partial charge in [-0.15, -0.1) is 19.6 Å². The summed E-state index contributed by atoms with van der Waals surface area (Å²) in [6.45, 7) is 0. The number of hydrogen-bond donors (Lipinski definition) is 1. The lowest BCUT2D eigenvalue weighted by atomic mass is 9.79. The number of ether oxygens (including phenoxy) is 1. The van der Waals surface area contributed by atoms with Crippen molar-refractivity contribution in [3.05, 3.63) is 23.0 Å². The van der Waals surface area contributed by atoms with Crippen molar-refractivity contribution in [2.75, 3.05) is 4.90 Å². The largest absolute Gasteiger partial charge is 0.573 e. The summed E-state index contributed by atoms with van der Waals surface area (Å²) in [6.07, 6.45) is 1.63. The number of anilines is 1. The van der Waals surface area contributed by atoms with Crippen molar-refractivity contribution in [3.63, 3.8) is 0 Å². The molecule has 0 heterocycles. The summed E-state index contributed by atoms with van der Waals surface area (Å²) in [6, 6.07) is 1.49. The smallest absolute Gasteiger partial charge is 0.479 e. The van der Waals surface area contributed by atoms with Gasteiger partial charge in [0.2, 0.25) is 0 Å².